The van der Waals surface area contributed by atoms with E-state index >= 15 is 0 Å². The van der Waals surface area contributed by atoms with E-state index in [0.717, 1.165) is 72.9 Å². The summed E-state index contributed by atoms with van der Waals surface area (Å²) in [4.78, 5) is 0. The summed E-state index contributed by atoms with van der Waals surface area (Å²) >= 11 is 0. The molecule has 9 heteroatoms. The van der Waals surface area contributed by atoms with Crippen LogP contribution in [0.3, 0.4) is 0 Å². The van der Waals surface area contributed by atoms with Gasteiger partial charge in [-0.05, 0) is 61.4 Å². The molecule has 0 saturated heterocycles. The fourth-order valence-corrected chi connectivity index (χ4v) is 5.15. The average Bonchev–Trinajstić information content (AvgIpc) is 3.34. The van der Waals surface area contributed by atoms with Gasteiger partial charge in [-0.3, -0.25) is 5.01 Å². The third kappa shape index (κ3) is 8.14. The number of imidazole rings is 1. The van der Waals surface area contributed by atoms with Crippen LogP contribution >= 0.6 is 0 Å². The van der Waals surface area contributed by atoms with Crippen molar-refractivity contribution in [2.45, 2.75) is 38.8 Å². The molecular formula is C35H42N8O+2. The maximum absolute atomic E-state index is 9.01. The topological polar surface area (TPSA) is 85.3 Å². The van der Waals surface area contributed by atoms with Crippen molar-refractivity contribution in [1.29, 1.82) is 0 Å². The maximum Gasteiger partial charge on any atom is 0.422 e. The Hall–Kier alpha value is -4.89. The van der Waals surface area contributed by atoms with Crippen molar-refractivity contribution in [2.24, 2.45) is 22.4 Å². The van der Waals surface area contributed by atoms with Crippen LogP contribution in [0.2, 0.25) is 0 Å². The number of fused-ring (bicyclic) bond motifs is 1. The van der Waals surface area contributed by atoms with Crippen molar-refractivity contribution < 1.29 is 14.2 Å². The van der Waals surface area contributed by atoms with Crippen LogP contribution in [0.1, 0.15) is 31.2 Å². The Bertz CT molecular complexity index is 1660. The number of nitrogens with zero attached hydrogens (tertiary/aromatic N) is 7. The van der Waals surface area contributed by atoms with Gasteiger partial charge in [0, 0.05) is 48.5 Å². The number of aryl methyl sites for hydroxylation is 3. The second-order valence-corrected chi connectivity index (χ2v) is 10.8. The quantitative estimate of drug-likeness (QED) is 0.0493. The van der Waals surface area contributed by atoms with E-state index in [9.17, 15) is 0 Å². The third-order valence-corrected chi connectivity index (χ3v) is 7.61. The predicted octanol–water partition coefficient (Wildman–Crippen LogP) is 6.30. The van der Waals surface area contributed by atoms with Crippen LogP contribution in [0.5, 0.6) is 0 Å². The van der Waals surface area contributed by atoms with Crippen molar-refractivity contribution in [3.8, 4) is 0 Å². The molecule has 0 amide bonds. The number of pyridine rings is 1. The highest BCUT2D eigenvalue weighted by Gasteiger charge is 2.21. The summed E-state index contributed by atoms with van der Waals surface area (Å²) in [7, 11) is 4.00. The molecule has 3 aromatic carbocycles. The smallest absolute Gasteiger partial charge is 0.395 e. The number of hydrogen-bond donors (Lipinski definition) is 2. The predicted molar refractivity (Wildman–Crippen MR) is 177 cm³/mol. The first-order chi connectivity index (χ1) is 21.6. The molecule has 0 aliphatic rings. The normalized spacial score (nSPS) is 11.6. The average molecular weight is 591 g/mol. The number of benzene rings is 3. The van der Waals surface area contributed by atoms with Gasteiger partial charge >= 0.3 is 5.95 Å². The second kappa shape index (κ2) is 15.5. The van der Waals surface area contributed by atoms with Crippen LogP contribution < -0.4 is 19.5 Å². The van der Waals surface area contributed by atoms with Gasteiger partial charge in [0.25, 0.3) is 0 Å². The Labute approximate surface area is 259 Å². The molecule has 2 N–H and O–H groups in total. The van der Waals surface area contributed by atoms with Crippen molar-refractivity contribution >= 4 is 40.3 Å². The van der Waals surface area contributed by atoms with Crippen LogP contribution in [-0.4, -0.2) is 36.1 Å². The SMILES string of the molecule is CN(N=Cc1cc[n+](CCCCCCn2c(N=Nc3ccc(NCCO)cc3)[n+](C)c3ccccc32)cc1)c1ccccc1. The minimum absolute atomic E-state index is 0.0971. The van der Waals surface area contributed by atoms with E-state index < -0.39 is 0 Å². The summed E-state index contributed by atoms with van der Waals surface area (Å²) in [6.45, 7) is 2.50. The molecule has 0 radical (unpaired) electrons. The number of rotatable bonds is 15. The van der Waals surface area contributed by atoms with Gasteiger partial charge in [-0.2, -0.15) is 5.10 Å². The zero-order chi connectivity index (χ0) is 30.6. The molecule has 5 rings (SSSR count). The van der Waals surface area contributed by atoms with E-state index in [2.05, 4.69) is 83.1 Å². The molecule has 0 fully saturated rings. The molecule has 0 aliphatic heterocycles. The van der Waals surface area contributed by atoms with Crippen molar-refractivity contribution in [2.75, 3.05) is 30.5 Å². The molecule has 2 aromatic heterocycles. The zero-order valence-corrected chi connectivity index (χ0v) is 25.6. The Morgan fingerprint density at radius 3 is 2.34 bits per heavy atom. The molecule has 226 valence electrons. The molecule has 5 aromatic rings. The molecule has 0 saturated carbocycles. The van der Waals surface area contributed by atoms with Gasteiger partial charge in [0.05, 0.1) is 32.1 Å². The Kier molecular flexibility index (Phi) is 10.8. The van der Waals surface area contributed by atoms with E-state index in [1.807, 2.05) is 79.9 Å². The minimum atomic E-state index is 0.0971. The Morgan fingerprint density at radius 2 is 1.57 bits per heavy atom. The zero-order valence-electron chi connectivity index (χ0n) is 25.6. The number of hydrogen-bond acceptors (Lipinski definition) is 6. The first-order valence-electron chi connectivity index (χ1n) is 15.3. The molecule has 2 heterocycles. The summed E-state index contributed by atoms with van der Waals surface area (Å²) in [6, 6.07) is 30.5. The van der Waals surface area contributed by atoms with Crippen molar-refractivity contribution in [1.82, 2.24) is 4.57 Å². The van der Waals surface area contributed by atoms with E-state index in [0.29, 0.717) is 6.54 Å². The lowest BCUT2D eigenvalue weighted by atomic mass is 10.2. The van der Waals surface area contributed by atoms with Gasteiger partial charge in [-0.25, -0.2) is 13.7 Å². The number of unbranched alkanes of at least 4 members (excludes halogenated alkanes) is 3. The van der Waals surface area contributed by atoms with Crippen molar-refractivity contribution in [3.63, 3.8) is 0 Å². The molecule has 0 bridgehead atoms. The molecule has 0 spiro atoms. The number of aliphatic hydroxyl groups is 1. The first-order valence-corrected chi connectivity index (χ1v) is 15.3. The van der Waals surface area contributed by atoms with Crippen molar-refractivity contribution in [3.05, 3.63) is 109 Å². The Balaban J connectivity index is 1.12. The molecule has 44 heavy (non-hydrogen) atoms. The maximum atomic E-state index is 9.01. The monoisotopic (exact) mass is 590 g/mol. The lowest BCUT2D eigenvalue weighted by Gasteiger charge is -2.11. The standard InChI is InChI=1S/C35H41N8O/c1-40-33-14-8-9-15-34(33)43(35(40)39-38-31-18-16-30(17-19-31)36-22-27-44)24-11-4-3-10-23-42-25-20-29(21-26-42)28-37-41(2)32-12-6-5-7-13-32/h5-9,12-21,25-26,28,44H,3-4,10-11,22-24,27H2,1-2H3/q+1/p+1. The molecule has 0 atom stereocenters. The molecule has 9 nitrogen and oxygen atoms in total. The first kappa shape index (κ1) is 30.6. The van der Waals surface area contributed by atoms with Crippen LogP contribution in [-0.2, 0) is 20.1 Å². The van der Waals surface area contributed by atoms with Crippen LogP contribution in [0.4, 0.5) is 23.0 Å². The number of para-hydroxylation sites is 3. The number of nitrogens with one attached hydrogen (secondary N) is 1. The lowest BCUT2D eigenvalue weighted by Crippen LogP contribution is -2.32. The fraction of sp³-hybridized carbons (Fsp3) is 0.286. The number of aromatic nitrogens is 3. The second-order valence-electron chi connectivity index (χ2n) is 10.8. The third-order valence-electron chi connectivity index (χ3n) is 7.61. The summed E-state index contributed by atoms with van der Waals surface area (Å²) in [5.74, 6) is 0.836. The lowest BCUT2D eigenvalue weighted by molar-refractivity contribution is -0.697. The Morgan fingerprint density at radius 1 is 0.841 bits per heavy atom. The molecular weight excluding hydrogens is 548 g/mol. The number of aliphatic hydroxyl groups excluding tert-OH is 1. The van der Waals surface area contributed by atoms with Gasteiger partial charge in [0.1, 0.15) is 23.3 Å². The van der Waals surface area contributed by atoms with E-state index in [-0.39, 0.29) is 6.61 Å². The van der Waals surface area contributed by atoms with E-state index in [1.165, 1.54) is 5.52 Å². The van der Waals surface area contributed by atoms with Gasteiger partial charge in [0.15, 0.2) is 12.4 Å². The number of anilines is 2. The summed E-state index contributed by atoms with van der Waals surface area (Å²) in [5, 5.41) is 27.8. The highest BCUT2D eigenvalue weighted by Crippen LogP contribution is 2.24. The molecule has 0 aliphatic carbocycles. The highest BCUT2D eigenvalue weighted by molar-refractivity contribution is 5.79. The largest absolute Gasteiger partial charge is 0.422 e. The minimum Gasteiger partial charge on any atom is -0.395 e. The summed E-state index contributed by atoms with van der Waals surface area (Å²) in [5.41, 5.74) is 6.18. The van der Waals surface area contributed by atoms with Crippen LogP contribution in [0, 0.1) is 0 Å². The van der Waals surface area contributed by atoms with Crippen LogP contribution in [0.25, 0.3) is 11.0 Å². The van der Waals surface area contributed by atoms with Gasteiger partial charge in [0.2, 0.25) is 0 Å². The summed E-state index contributed by atoms with van der Waals surface area (Å²) < 4.78 is 6.63. The van der Waals surface area contributed by atoms with Gasteiger partial charge in [-0.1, -0.05) is 41.9 Å². The van der Waals surface area contributed by atoms with E-state index in [4.69, 9.17) is 5.11 Å². The highest BCUT2D eigenvalue weighted by atomic mass is 16.3. The molecule has 0 unspecified atom stereocenters. The van der Waals surface area contributed by atoms with Crippen LogP contribution in [0.15, 0.2) is 119 Å². The van der Waals surface area contributed by atoms with E-state index in [1.54, 1.807) is 0 Å². The summed E-state index contributed by atoms with van der Waals surface area (Å²) in [6.07, 6.45) is 10.7. The number of hydrazone groups is 1. The number of azo groups is 1. The van der Waals surface area contributed by atoms with Gasteiger partial charge < -0.3 is 10.4 Å². The van der Waals surface area contributed by atoms with Gasteiger partial charge in [-0.15, -0.1) is 0 Å². The fourth-order valence-electron chi connectivity index (χ4n) is 5.15.